The lowest BCUT2D eigenvalue weighted by atomic mass is 10.2. The Kier molecular flexibility index (Phi) is 6.20. The van der Waals surface area contributed by atoms with Gasteiger partial charge >= 0.3 is 0 Å². The highest BCUT2D eigenvalue weighted by Crippen LogP contribution is 2.30. The molecule has 0 saturated carbocycles. The Morgan fingerprint density at radius 1 is 1.12 bits per heavy atom. The average molecular weight is 437 g/mol. The molecule has 0 unspecified atom stereocenters. The molecule has 0 saturated heterocycles. The number of rotatable bonds is 6. The van der Waals surface area contributed by atoms with Crippen molar-refractivity contribution in [3.05, 3.63) is 57.4 Å². The second-order valence-electron chi connectivity index (χ2n) is 4.99. The molecule has 0 amide bonds. The van der Waals surface area contributed by atoms with Crippen molar-refractivity contribution >= 4 is 55.0 Å². The van der Waals surface area contributed by atoms with Crippen molar-refractivity contribution in [2.24, 2.45) is 5.14 Å². The van der Waals surface area contributed by atoms with Gasteiger partial charge in [-0.3, -0.25) is 4.72 Å². The van der Waals surface area contributed by atoms with E-state index in [4.69, 9.17) is 33.1 Å². The van der Waals surface area contributed by atoms with E-state index in [0.29, 0.717) is 16.3 Å². The second-order valence-corrected chi connectivity index (χ2v) is 8.93. The number of primary sulfonamides is 1. The van der Waals surface area contributed by atoms with Gasteiger partial charge in [-0.05, 0) is 36.4 Å². The van der Waals surface area contributed by atoms with Crippen LogP contribution in [-0.2, 0) is 20.0 Å². The summed E-state index contributed by atoms with van der Waals surface area (Å²) in [5, 5.41) is 6.25. The third kappa shape index (κ3) is 5.12. The molecule has 0 radical (unpaired) electrons. The number of benzene rings is 2. The van der Waals surface area contributed by atoms with Crippen LogP contribution in [0, 0.1) is 0 Å². The van der Waals surface area contributed by atoms with E-state index >= 15 is 0 Å². The molecule has 0 fully saturated rings. The van der Waals surface area contributed by atoms with Crippen LogP contribution in [-0.4, -0.2) is 23.9 Å². The van der Waals surface area contributed by atoms with Gasteiger partial charge in [0.1, 0.15) is 10.6 Å². The predicted octanol–water partition coefficient (Wildman–Crippen LogP) is 3.06. The molecule has 140 valence electrons. The van der Waals surface area contributed by atoms with Gasteiger partial charge < -0.3 is 4.74 Å². The lowest BCUT2D eigenvalue weighted by Crippen LogP contribution is -2.17. The number of anilines is 1. The molecule has 0 aliphatic carbocycles. The fraction of sp³-hybridized carbons (Fsp3) is 0.0667. The molecule has 2 rings (SSSR count). The first kappa shape index (κ1) is 20.5. The Morgan fingerprint density at radius 2 is 1.81 bits per heavy atom. The zero-order chi connectivity index (χ0) is 19.5. The maximum atomic E-state index is 12.3. The fourth-order valence-electron chi connectivity index (χ4n) is 2.00. The molecule has 3 N–H and O–H groups in total. The fourth-order valence-corrected chi connectivity index (χ4v) is 4.17. The van der Waals surface area contributed by atoms with Crippen molar-refractivity contribution in [3.63, 3.8) is 0 Å². The maximum absolute atomic E-state index is 12.3. The molecule has 0 aromatic heterocycles. The minimum absolute atomic E-state index is 0.113. The van der Waals surface area contributed by atoms with Crippen LogP contribution >= 0.6 is 23.2 Å². The quantitative estimate of drug-likeness (QED) is 0.721. The number of para-hydroxylation sites is 1. The first-order valence-corrected chi connectivity index (χ1v) is 10.7. The first-order valence-electron chi connectivity index (χ1n) is 6.89. The number of sulfonamides is 2. The summed E-state index contributed by atoms with van der Waals surface area (Å²) in [6.07, 6.45) is 1.27. The van der Waals surface area contributed by atoms with Gasteiger partial charge in [0.25, 0.3) is 10.0 Å². The van der Waals surface area contributed by atoms with Crippen LogP contribution in [0.25, 0.3) is 6.08 Å². The van der Waals surface area contributed by atoms with E-state index in [-0.39, 0.29) is 10.7 Å². The Hall–Kier alpha value is -1.78. The summed E-state index contributed by atoms with van der Waals surface area (Å²) in [6.45, 7) is 0. The Morgan fingerprint density at radius 3 is 2.42 bits per heavy atom. The monoisotopic (exact) mass is 436 g/mol. The molecule has 0 spiro atoms. The zero-order valence-corrected chi connectivity index (χ0v) is 16.5. The summed E-state index contributed by atoms with van der Waals surface area (Å²) >= 11 is 11.8. The van der Waals surface area contributed by atoms with Gasteiger partial charge in [0.15, 0.2) is 0 Å². The number of hydrogen-bond acceptors (Lipinski definition) is 5. The van der Waals surface area contributed by atoms with Gasteiger partial charge in [-0.1, -0.05) is 29.3 Å². The van der Waals surface area contributed by atoms with Gasteiger partial charge in [-0.2, -0.15) is 0 Å². The number of halogens is 2. The second kappa shape index (κ2) is 7.85. The number of nitrogens with one attached hydrogen (secondary N) is 1. The lowest BCUT2D eigenvalue weighted by Gasteiger charge is -2.11. The van der Waals surface area contributed by atoms with Crippen molar-refractivity contribution in [1.82, 2.24) is 0 Å². The molecular weight excluding hydrogens is 423 g/mol. The Labute approximate surface area is 161 Å². The molecule has 2 aromatic carbocycles. The molecule has 2 aromatic rings. The Bertz CT molecular complexity index is 1070. The maximum Gasteiger partial charge on any atom is 0.255 e. The van der Waals surface area contributed by atoms with Gasteiger partial charge in [-0.25, -0.2) is 22.0 Å². The van der Waals surface area contributed by atoms with E-state index < -0.39 is 24.9 Å². The highest BCUT2D eigenvalue weighted by atomic mass is 35.5. The standard InChI is InChI=1S/C15H14Cl2N2O5S2/c1-24-13-9-11(16)6-5-10(13)7-8-25(20,21)19-15-12(17)3-2-4-14(15)26(18,22)23/h2-9,19H,1H3,(H2,18,22,23). The highest BCUT2D eigenvalue weighted by molar-refractivity contribution is 7.95. The highest BCUT2D eigenvalue weighted by Gasteiger charge is 2.20. The molecule has 0 aliphatic rings. The summed E-state index contributed by atoms with van der Waals surface area (Å²) in [6, 6.07) is 8.48. The molecule has 0 bridgehead atoms. The lowest BCUT2D eigenvalue weighted by molar-refractivity contribution is 0.414. The van der Waals surface area contributed by atoms with Crippen molar-refractivity contribution < 1.29 is 21.6 Å². The minimum Gasteiger partial charge on any atom is -0.496 e. The molecule has 0 atom stereocenters. The van der Waals surface area contributed by atoms with Crippen molar-refractivity contribution in [3.8, 4) is 5.75 Å². The number of hydrogen-bond donors (Lipinski definition) is 2. The first-order chi connectivity index (χ1) is 12.0. The molecule has 0 aliphatic heterocycles. The van der Waals surface area contributed by atoms with Gasteiger partial charge in [0.2, 0.25) is 10.0 Å². The van der Waals surface area contributed by atoms with Crippen molar-refractivity contribution in [2.45, 2.75) is 4.90 Å². The van der Waals surface area contributed by atoms with Crippen LogP contribution in [0.15, 0.2) is 46.7 Å². The van der Waals surface area contributed by atoms with Crippen LogP contribution in [0.4, 0.5) is 5.69 Å². The average Bonchev–Trinajstić information content (AvgIpc) is 2.54. The van der Waals surface area contributed by atoms with Crippen LogP contribution in [0.5, 0.6) is 5.75 Å². The van der Waals surface area contributed by atoms with E-state index in [0.717, 1.165) is 11.5 Å². The third-order valence-electron chi connectivity index (χ3n) is 3.15. The largest absolute Gasteiger partial charge is 0.496 e. The van der Waals surface area contributed by atoms with Crippen molar-refractivity contribution in [1.29, 1.82) is 0 Å². The molecule has 0 heterocycles. The van der Waals surface area contributed by atoms with E-state index in [1.165, 1.54) is 31.4 Å². The zero-order valence-electron chi connectivity index (χ0n) is 13.3. The third-order valence-corrected chi connectivity index (χ3v) is 5.63. The van der Waals surface area contributed by atoms with Gasteiger partial charge in [0, 0.05) is 10.6 Å². The summed E-state index contributed by atoms with van der Waals surface area (Å²) in [4.78, 5) is -0.439. The van der Waals surface area contributed by atoms with Crippen LogP contribution in [0.2, 0.25) is 10.0 Å². The summed E-state index contributed by atoms with van der Waals surface area (Å²) in [5.74, 6) is 0.368. The predicted molar refractivity (Wildman–Crippen MR) is 102 cm³/mol. The summed E-state index contributed by atoms with van der Waals surface area (Å²) in [7, 11) is -6.86. The number of ether oxygens (including phenoxy) is 1. The normalized spacial score (nSPS) is 12.3. The van der Waals surface area contributed by atoms with Crippen LogP contribution in [0.3, 0.4) is 0 Å². The smallest absolute Gasteiger partial charge is 0.255 e. The van der Waals surface area contributed by atoms with E-state index in [1.54, 1.807) is 12.1 Å². The van der Waals surface area contributed by atoms with Gasteiger partial charge in [0.05, 0.1) is 23.2 Å². The Balaban J connectivity index is 2.40. The number of nitrogens with two attached hydrogens (primary N) is 1. The molecule has 7 nitrogen and oxygen atoms in total. The molecule has 26 heavy (non-hydrogen) atoms. The number of methoxy groups -OCH3 is 1. The van der Waals surface area contributed by atoms with Crippen molar-refractivity contribution in [2.75, 3.05) is 11.8 Å². The van der Waals surface area contributed by atoms with E-state index in [9.17, 15) is 16.8 Å². The SMILES string of the molecule is COc1cc(Cl)ccc1C=CS(=O)(=O)Nc1c(Cl)cccc1S(N)(=O)=O. The van der Waals surface area contributed by atoms with E-state index in [1.807, 2.05) is 0 Å². The minimum atomic E-state index is -4.18. The van der Waals surface area contributed by atoms with Gasteiger partial charge in [-0.15, -0.1) is 0 Å². The van der Waals surface area contributed by atoms with E-state index in [2.05, 4.69) is 4.72 Å². The molecule has 11 heteroatoms. The summed E-state index contributed by atoms with van der Waals surface area (Å²) < 4.78 is 55.1. The summed E-state index contributed by atoms with van der Waals surface area (Å²) in [5.41, 5.74) is 0.123. The molecular formula is C15H14Cl2N2O5S2. The van der Waals surface area contributed by atoms with Crippen LogP contribution in [0.1, 0.15) is 5.56 Å². The van der Waals surface area contributed by atoms with Crippen LogP contribution < -0.4 is 14.6 Å². The topological polar surface area (TPSA) is 116 Å².